The molecule has 6 heteroatoms. The number of nitrogens with zero attached hydrogens (tertiary/aromatic N) is 4. The van der Waals surface area contributed by atoms with Crippen molar-refractivity contribution in [2.45, 2.75) is 0 Å². The van der Waals surface area contributed by atoms with Crippen LogP contribution in [0.4, 0.5) is 0 Å². The van der Waals surface area contributed by atoms with Crippen molar-refractivity contribution in [2.24, 2.45) is 0 Å². The molecule has 0 atom stereocenters. The van der Waals surface area contributed by atoms with Gasteiger partial charge < -0.3 is 0 Å². The molecule has 0 N–H and O–H groups in total. The molecule has 0 spiro atoms. The quantitative estimate of drug-likeness (QED) is 0.545. The van der Waals surface area contributed by atoms with Gasteiger partial charge in [0.15, 0.2) is 5.82 Å². The van der Waals surface area contributed by atoms with Crippen LogP contribution in [-0.4, -0.2) is 19.8 Å². The summed E-state index contributed by atoms with van der Waals surface area (Å²) in [6.07, 6.45) is 3.94. The Morgan fingerprint density at radius 1 is 0.957 bits per heavy atom. The Labute approximate surface area is 141 Å². The molecule has 0 radical (unpaired) electrons. The van der Waals surface area contributed by atoms with E-state index in [0.717, 1.165) is 31.9 Å². The van der Waals surface area contributed by atoms with Gasteiger partial charge in [-0.2, -0.15) is 9.61 Å². The van der Waals surface area contributed by atoms with E-state index in [-0.39, 0.29) is 0 Å². The monoisotopic (exact) mass is 338 g/mol. The molecule has 2 aromatic carbocycles. The van der Waals surface area contributed by atoms with E-state index >= 15 is 0 Å². The van der Waals surface area contributed by atoms with Crippen LogP contribution in [-0.2, 0) is 0 Å². The van der Waals surface area contributed by atoms with Crippen LogP contribution in [0.25, 0.3) is 28.5 Å². The standard InChI is InChI=1S/C17H11ClN4S/c18-14-8-4-5-12(11-14)9-10-15-21-22-16(19-20-17(22)23-15)13-6-2-1-3-7-13/h1-11H/b10-9+. The Hall–Kier alpha value is -2.50. The second-order valence-electron chi connectivity index (χ2n) is 4.91. The zero-order chi connectivity index (χ0) is 15.6. The van der Waals surface area contributed by atoms with E-state index in [9.17, 15) is 0 Å². The first-order chi connectivity index (χ1) is 11.3. The molecule has 0 bridgehead atoms. The second-order valence-corrected chi connectivity index (χ2v) is 6.34. The van der Waals surface area contributed by atoms with Crippen molar-refractivity contribution in [2.75, 3.05) is 0 Å². The molecule has 0 amide bonds. The fourth-order valence-electron chi connectivity index (χ4n) is 2.24. The topological polar surface area (TPSA) is 43.1 Å². The van der Waals surface area contributed by atoms with E-state index < -0.39 is 0 Å². The minimum Gasteiger partial charge on any atom is -0.182 e. The highest BCUT2D eigenvalue weighted by Gasteiger charge is 2.11. The van der Waals surface area contributed by atoms with Gasteiger partial charge in [-0.25, -0.2) is 0 Å². The number of fused-ring (bicyclic) bond motifs is 1. The van der Waals surface area contributed by atoms with E-state index in [2.05, 4.69) is 15.3 Å². The molecule has 4 aromatic rings. The minimum absolute atomic E-state index is 0.719. The fourth-order valence-corrected chi connectivity index (χ4v) is 3.18. The summed E-state index contributed by atoms with van der Waals surface area (Å²) in [6.45, 7) is 0. The summed E-state index contributed by atoms with van der Waals surface area (Å²) in [5.74, 6) is 0.749. The summed E-state index contributed by atoms with van der Waals surface area (Å²) in [5.41, 5.74) is 2.03. The van der Waals surface area contributed by atoms with Crippen LogP contribution in [0, 0.1) is 0 Å². The Kier molecular flexibility index (Phi) is 3.65. The summed E-state index contributed by atoms with van der Waals surface area (Å²) in [5, 5.41) is 14.6. The number of hydrogen-bond donors (Lipinski definition) is 0. The van der Waals surface area contributed by atoms with Crippen molar-refractivity contribution in [3.63, 3.8) is 0 Å². The highest BCUT2D eigenvalue weighted by atomic mass is 35.5. The molecule has 0 aliphatic rings. The molecule has 0 saturated heterocycles. The maximum absolute atomic E-state index is 5.99. The van der Waals surface area contributed by atoms with Crippen LogP contribution in [0.2, 0.25) is 5.02 Å². The molecule has 0 aliphatic heterocycles. The molecule has 0 unspecified atom stereocenters. The lowest BCUT2D eigenvalue weighted by Gasteiger charge is -1.95. The molecule has 4 rings (SSSR count). The third-order valence-corrected chi connectivity index (χ3v) is 4.40. The van der Waals surface area contributed by atoms with Crippen molar-refractivity contribution in [1.82, 2.24) is 19.8 Å². The summed E-state index contributed by atoms with van der Waals surface area (Å²) in [6, 6.07) is 17.6. The van der Waals surface area contributed by atoms with Gasteiger partial charge in [0.25, 0.3) is 0 Å². The average Bonchev–Trinajstić information content (AvgIpc) is 3.14. The zero-order valence-corrected chi connectivity index (χ0v) is 13.5. The summed E-state index contributed by atoms with van der Waals surface area (Å²) >= 11 is 7.49. The van der Waals surface area contributed by atoms with Gasteiger partial charge in [0.1, 0.15) is 5.01 Å². The van der Waals surface area contributed by atoms with Gasteiger partial charge in [-0.3, -0.25) is 0 Å². The smallest absolute Gasteiger partial charge is 0.182 e. The predicted molar refractivity (Wildman–Crippen MR) is 94.5 cm³/mol. The van der Waals surface area contributed by atoms with Gasteiger partial charge in [-0.15, -0.1) is 10.2 Å². The van der Waals surface area contributed by atoms with Crippen LogP contribution in [0.15, 0.2) is 54.6 Å². The molecule has 112 valence electrons. The molecule has 23 heavy (non-hydrogen) atoms. The van der Waals surface area contributed by atoms with Gasteiger partial charge in [0, 0.05) is 10.6 Å². The van der Waals surface area contributed by atoms with Crippen LogP contribution in [0.1, 0.15) is 10.6 Å². The molecular weight excluding hydrogens is 328 g/mol. The third kappa shape index (κ3) is 2.88. The highest BCUT2D eigenvalue weighted by molar-refractivity contribution is 7.17. The normalized spacial score (nSPS) is 11.5. The van der Waals surface area contributed by atoms with Crippen LogP contribution < -0.4 is 0 Å². The van der Waals surface area contributed by atoms with Gasteiger partial charge >= 0.3 is 0 Å². The maximum Gasteiger partial charge on any atom is 0.235 e. The lowest BCUT2D eigenvalue weighted by molar-refractivity contribution is 0.960. The van der Waals surface area contributed by atoms with Crippen molar-refractivity contribution in [1.29, 1.82) is 0 Å². The molecule has 2 heterocycles. The highest BCUT2D eigenvalue weighted by Crippen LogP contribution is 2.22. The molecule has 4 nitrogen and oxygen atoms in total. The maximum atomic E-state index is 5.99. The van der Waals surface area contributed by atoms with Crippen molar-refractivity contribution >= 4 is 40.1 Å². The van der Waals surface area contributed by atoms with Crippen molar-refractivity contribution in [3.05, 3.63) is 70.2 Å². The SMILES string of the molecule is Clc1cccc(/C=C/c2nn3c(-c4ccccc4)nnc3s2)c1. The van der Waals surface area contributed by atoms with Crippen molar-refractivity contribution < 1.29 is 0 Å². The van der Waals surface area contributed by atoms with Crippen LogP contribution in [0.5, 0.6) is 0 Å². The summed E-state index contributed by atoms with van der Waals surface area (Å²) in [7, 11) is 0. The Bertz CT molecular complexity index is 988. The second kappa shape index (κ2) is 5.95. The van der Waals surface area contributed by atoms with Gasteiger partial charge in [0.05, 0.1) is 0 Å². The number of aromatic nitrogens is 4. The molecule has 0 fully saturated rings. The molecule has 0 saturated carbocycles. The minimum atomic E-state index is 0.719. The Morgan fingerprint density at radius 3 is 2.65 bits per heavy atom. The molecule has 2 aromatic heterocycles. The average molecular weight is 339 g/mol. The summed E-state index contributed by atoms with van der Waals surface area (Å²) in [4.78, 5) is 0.773. The van der Waals surface area contributed by atoms with Crippen LogP contribution >= 0.6 is 22.9 Å². The van der Waals surface area contributed by atoms with E-state index in [1.165, 1.54) is 11.3 Å². The van der Waals surface area contributed by atoms with Crippen LogP contribution in [0.3, 0.4) is 0 Å². The van der Waals surface area contributed by atoms with Crippen molar-refractivity contribution in [3.8, 4) is 11.4 Å². The van der Waals surface area contributed by atoms with Gasteiger partial charge in [0.2, 0.25) is 4.96 Å². The number of hydrogen-bond acceptors (Lipinski definition) is 4. The zero-order valence-electron chi connectivity index (χ0n) is 11.9. The first-order valence-corrected chi connectivity index (χ1v) is 8.20. The number of benzene rings is 2. The largest absolute Gasteiger partial charge is 0.235 e. The fraction of sp³-hybridized carbons (Fsp3) is 0. The van der Waals surface area contributed by atoms with Gasteiger partial charge in [-0.05, 0) is 23.8 Å². The number of rotatable bonds is 3. The van der Waals surface area contributed by atoms with E-state index in [4.69, 9.17) is 11.6 Å². The van der Waals surface area contributed by atoms with E-state index in [1.54, 1.807) is 4.52 Å². The predicted octanol–water partition coefficient (Wildman–Crippen LogP) is 4.68. The van der Waals surface area contributed by atoms with E-state index in [0.29, 0.717) is 0 Å². The number of halogens is 1. The molecular formula is C17H11ClN4S. The van der Waals surface area contributed by atoms with Gasteiger partial charge in [-0.1, -0.05) is 71.5 Å². The Morgan fingerprint density at radius 2 is 1.83 bits per heavy atom. The van der Waals surface area contributed by atoms with E-state index in [1.807, 2.05) is 66.7 Å². The first kappa shape index (κ1) is 14.1. The first-order valence-electron chi connectivity index (χ1n) is 7.01. The third-order valence-electron chi connectivity index (χ3n) is 3.31. The lowest BCUT2D eigenvalue weighted by atomic mass is 10.2. The Balaban J connectivity index is 1.69. The lowest BCUT2D eigenvalue weighted by Crippen LogP contribution is -1.90. The summed E-state index contributed by atoms with van der Waals surface area (Å²) < 4.78 is 1.78. The molecule has 0 aliphatic carbocycles.